The van der Waals surface area contributed by atoms with E-state index in [9.17, 15) is 13.2 Å². The summed E-state index contributed by atoms with van der Waals surface area (Å²) in [6, 6.07) is 0. The van der Waals surface area contributed by atoms with E-state index in [-0.39, 0.29) is 19.1 Å². The van der Waals surface area contributed by atoms with E-state index in [4.69, 9.17) is 4.74 Å². The summed E-state index contributed by atoms with van der Waals surface area (Å²) >= 11 is 0. The van der Waals surface area contributed by atoms with E-state index >= 15 is 0 Å². The van der Waals surface area contributed by atoms with Gasteiger partial charge in [-0.15, -0.1) is 0 Å². The van der Waals surface area contributed by atoms with Gasteiger partial charge in [0.2, 0.25) is 5.60 Å². The number of rotatable bonds is 3. The molecule has 0 saturated carbocycles. The van der Waals surface area contributed by atoms with Crippen molar-refractivity contribution in [1.29, 1.82) is 0 Å². The largest absolute Gasteiger partial charge is 0.422 e. The summed E-state index contributed by atoms with van der Waals surface area (Å²) in [5.74, 6) is 0.0647. The SMILES string of the molecule is CC(C)C(C)OC1(C(F)(F)F)COC1. The van der Waals surface area contributed by atoms with Crippen LogP contribution in [0.3, 0.4) is 0 Å². The quantitative estimate of drug-likeness (QED) is 0.715. The van der Waals surface area contributed by atoms with Crippen LogP contribution in [0.25, 0.3) is 0 Å². The summed E-state index contributed by atoms with van der Waals surface area (Å²) in [5, 5.41) is 0. The van der Waals surface area contributed by atoms with Gasteiger partial charge in [0.25, 0.3) is 0 Å². The van der Waals surface area contributed by atoms with Crippen LogP contribution >= 0.6 is 0 Å². The van der Waals surface area contributed by atoms with Gasteiger partial charge in [0, 0.05) is 0 Å². The van der Waals surface area contributed by atoms with E-state index in [0.29, 0.717) is 0 Å². The normalized spacial score (nSPS) is 23.4. The van der Waals surface area contributed by atoms with Crippen molar-refractivity contribution in [1.82, 2.24) is 0 Å². The van der Waals surface area contributed by atoms with Crippen molar-refractivity contribution in [3.63, 3.8) is 0 Å². The Bertz CT molecular complexity index is 197. The topological polar surface area (TPSA) is 18.5 Å². The Morgan fingerprint density at radius 2 is 1.71 bits per heavy atom. The van der Waals surface area contributed by atoms with E-state index in [1.807, 2.05) is 13.8 Å². The highest BCUT2D eigenvalue weighted by molar-refractivity contribution is 4.95. The van der Waals surface area contributed by atoms with Crippen molar-refractivity contribution < 1.29 is 22.6 Å². The number of hydrogen-bond acceptors (Lipinski definition) is 2. The lowest BCUT2D eigenvalue weighted by molar-refractivity contribution is -0.362. The smallest absolute Gasteiger partial charge is 0.375 e. The molecule has 1 aliphatic heterocycles. The zero-order valence-electron chi connectivity index (χ0n) is 8.52. The first kappa shape index (κ1) is 11.8. The standard InChI is InChI=1S/C9H15F3O2/c1-6(2)7(3)14-8(4-13-5-8)9(10,11)12/h6-7H,4-5H2,1-3H3. The molecular formula is C9H15F3O2. The molecule has 84 valence electrons. The Labute approximate surface area is 81.4 Å². The molecule has 1 heterocycles. The van der Waals surface area contributed by atoms with Crippen LogP contribution in [0.4, 0.5) is 13.2 Å². The maximum atomic E-state index is 12.6. The van der Waals surface area contributed by atoms with Gasteiger partial charge in [-0.1, -0.05) is 13.8 Å². The lowest BCUT2D eigenvalue weighted by Crippen LogP contribution is -2.63. The second-order valence-corrected chi connectivity index (χ2v) is 4.05. The van der Waals surface area contributed by atoms with E-state index in [2.05, 4.69) is 4.74 Å². The number of alkyl halides is 3. The highest BCUT2D eigenvalue weighted by atomic mass is 19.4. The molecule has 14 heavy (non-hydrogen) atoms. The van der Waals surface area contributed by atoms with E-state index in [1.54, 1.807) is 6.92 Å². The molecule has 2 nitrogen and oxygen atoms in total. The predicted octanol–water partition coefficient (Wildman–Crippen LogP) is 2.38. The highest BCUT2D eigenvalue weighted by Gasteiger charge is 2.62. The third kappa shape index (κ3) is 2.03. The highest BCUT2D eigenvalue weighted by Crippen LogP contribution is 2.40. The summed E-state index contributed by atoms with van der Waals surface area (Å²) in [7, 11) is 0. The van der Waals surface area contributed by atoms with Crippen molar-refractivity contribution in [3.05, 3.63) is 0 Å². The molecule has 5 heteroatoms. The number of ether oxygens (including phenoxy) is 2. The molecule has 0 amide bonds. The van der Waals surface area contributed by atoms with Gasteiger partial charge in [-0.25, -0.2) is 0 Å². The maximum Gasteiger partial charge on any atom is 0.422 e. The fourth-order valence-electron chi connectivity index (χ4n) is 1.08. The molecule has 1 atom stereocenters. The summed E-state index contributed by atoms with van der Waals surface area (Å²) in [4.78, 5) is 0. The molecule has 1 unspecified atom stereocenters. The van der Waals surface area contributed by atoms with Gasteiger partial charge in [0.15, 0.2) is 0 Å². The Morgan fingerprint density at radius 1 is 1.21 bits per heavy atom. The summed E-state index contributed by atoms with van der Waals surface area (Å²) in [5.41, 5.74) is -2.06. The predicted molar refractivity (Wildman–Crippen MR) is 45.0 cm³/mol. The van der Waals surface area contributed by atoms with Gasteiger partial charge in [-0.2, -0.15) is 13.2 Å². The average Bonchev–Trinajstić information content (AvgIpc) is 1.93. The second-order valence-electron chi connectivity index (χ2n) is 4.05. The number of hydrogen-bond donors (Lipinski definition) is 0. The zero-order valence-corrected chi connectivity index (χ0v) is 8.52. The van der Waals surface area contributed by atoms with Crippen molar-refractivity contribution in [2.75, 3.05) is 13.2 Å². The molecule has 0 aromatic rings. The van der Waals surface area contributed by atoms with Crippen molar-refractivity contribution in [2.24, 2.45) is 5.92 Å². The van der Waals surface area contributed by atoms with Crippen LogP contribution in [0.2, 0.25) is 0 Å². The Balaban J connectivity index is 2.63. The average molecular weight is 212 g/mol. The van der Waals surface area contributed by atoms with E-state index in [0.717, 1.165) is 0 Å². The van der Waals surface area contributed by atoms with Crippen molar-refractivity contribution >= 4 is 0 Å². The molecule has 1 rings (SSSR count). The van der Waals surface area contributed by atoms with Crippen LogP contribution in [-0.4, -0.2) is 31.1 Å². The van der Waals surface area contributed by atoms with Crippen LogP contribution in [0, 0.1) is 5.92 Å². The van der Waals surface area contributed by atoms with E-state index in [1.165, 1.54) is 0 Å². The molecule has 0 aromatic heterocycles. The summed E-state index contributed by atoms with van der Waals surface area (Å²) < 4.78 is 47.4. The van der Waals surface area contributed by atoms with Gasteiger partial charge in [-0.3, -0.25) is 0 Å². The molecule has 0 radical (unpaired) electrons. The molecule has 0 bridgehead atoms. The van der Waals surface area contributed by atoms with Crippen LogP contribution in [-0.2, 0) is 9.47 Å². The molecule has 1 fully saturated rings. The molecule has 1 saturated heterocycles. The third-order valence-electron chi connectivity index (χ3n) is 2.54. The van der Waals surface area contributed by atoms with Crippen LogP contribution in [0.1, 0.15) is 20.8 Å². The first-order chi connectivity index (χ1) is 6.28. The minimum Gasteiger partial charge on any atom is -0.375 e. The van der Waals surface area contributed by atoms with Crippen LogP contribution < -0.4 is 0 Å². The zero-order chi connectivity index (χ0) is 11.0. The molecule has 0 aromatic carbocycles. The van der Waals surface area contributed by atoms with Crippen molar-refractivity contribution in [3.8, 4) is 0 Å². The fraction of sp³-hybridized carbons (Fsp3) is 1.00. The molecule has 0 N–H and O–H groups in total. The Hall–Kier alpha value is -0.290. The summed E-state index contributed by atoms with van der Waals surface area (Å²) in [6.07, 6.45) is -4.76. The van der Waals surface area contributed by atoms with Gasteiger partial charge in [-0.05, 0) is 12.8 Å². The molecule has 0 spiro atoms. The minimum atomic E-state index is -4.34. The lowest BCUT2D eigenvalue weighted by atomic mass is 9.99. The van der Waals surface area contributed by atoms with E-state index < -0.39 is 17.9 Å². The Morgan fingerprint density at radius 3 is 1.93 bits per heavy atom. The van der Waals surface area contributed by atoms with Crippen LogP contribution in [0.15, 0.2) is 0 Å². The first-order valence-corrected chi connectivity index (χ1v) is 4.61. The molecular weight excluding hydrogens is 197 g/mol. The summed E-state index contributed by atoms with van der Waals surface area (Å²) in [6.45, 7) is 4.54. The van der Waals surface area contributed by atoms with Gasteiger partial charge in [0.05, 0.1) is 19.3 Å². The lowest BCUT2D eigenvalue weighted by Gasteiger charge is -2.44. The monoisotopic (exact) mass is 212 g/mol. The minimum absolute atomic E-state index is 0.0647. The third-order valence-corrected chi connectivity index (χ3v) is 2.54. The molecule has 0 aliphatic carbocycles. The maximum absolute atomic E-state index is 12.6. The van der Waals surface area contributed by atoms with Gasteiger partial charge >= 0.3 is 6.18 Å². The van der Waals surface area contributed by atoms with Crippen molar-refractivity contribution in [2.45, 2.75) is 38.7 Å². The van der Waals surface area contributed by atoms with Crippen LogP contribution in [0.5, 0.6) is 0 Å². The van der Waals surface area contributed by atoms with Gasteiger partial charge in [0.1, 0.15) is 0 Å². The first-order valence-electron chi connectivity index (χ1n) is 4.61. The second kappa shape index (κ2) is 3.70. The molecule has 1 aliphatic rings. The van der Waals surface area contributed by atoms with Gasteiger partial charge < -0.3 is 9.47 Å². The number of halogens is 3. The Kier molecular flexibility index (Phi) is 3.11. The fourth-order valence-corrected chi connectivity index (χ4v) is 1.08.